The Morgan fingerprint density at radius 1 is 1.09 bits per heavy atom. The van der Waals surface area contributed by atoms with Crippen molar-refractivity contribution in [2.75, 3.05) is 0 Å². The molecule has 1 unspecified atom stereocenters. The Hall–Kier alpha value is -1.93. The minimum absolute atomic E-state index is 0.311. The second-order valence-electron chi connectivity index (χ2n) is 4.49. The maximum Gasteiger partial charge on any atom is 0.426 e. The van der Waals surface area contributed by atoms with Crippen LogP contribution in [0.4, 0.5) is 18.9 Å². The number of nitro groups is 1. The third-order valence-electron chi connectivity index (χ3n) is 3.14. The van der Waals surface area contributed by atoms with Crippen LogP contribution in [-0.4, -0.2) is 16.2 Å². The van der Waals surface area contributed by atoms with Crippen LogP contribution >= 0.6 is 15.9 Å². The number of rotatable bonds is 3. The summed E-state index contributed by atoms with van der Waals surface area (Å²) in [6.07, 6.45) is -5.14. The average Bonchev–Trinajstić information content (AvgIpc) is 2.45. The van der Waals surface area contributed by atoms with Gasteiger partial charge in [0.05, 0.1) is 10.5 Å². The third-order valence-corrected chi connectivity index (χ3v) is 3.64. The fourth-order valence-electron chi connectivity index (χ4n) is 2.12. The van der Waals surface area contributed by atoms with Crippen molar-refractivity contribution in [2.45, 2.75) is 11.8 Å². The number of benzene rings is 2. The molecule has 22 heavy (non-hydrogen) atoms. The fraction of sp³-hybridized carbons (Fsp3) is 0.143. The van der Waals surface area contributed by atoms with Gasteiger partial charge in [-0.25, -0.2) is 0 Å². The van der Waals surface area contributed by atoms with E-state index in [2.05, 4.69) is 15.9 Å². The van der Waals surface area contributed by atoms with Crippen LogP contribution in [0.2, 0.25) is 0 Å². The van der Waals surface area contributed by atoms with Crippen molar-refractivity contribution in [1.82, 2.24) is 0 Å². The van der Waals surface area contributed by atoms with E-state index in [4.69, 9.17) is 0 Å². The second kappa shape index (κ2) is 5.69. The Bertz CT molecular complexity index is 720. The Morgan fingerprint density at radius 3 is 2.27 bits per heavy atom. The van der Waals surface area contributed by atoms with Crippen molar-refractivity contribution in [1.29, 1.82) is 0 Å². The molecule has 0 aliphatic heterocycles. The Kier molecular flexibility index (Phi) is 4.25. The van der Waals surface area contributed by atoms with Crippen LogP contribution in [0.5, 0.6) is 0 Å². The monoisotopic (exact) mass is 375 g/mol. The molecule has 0 bridgehead atoms. The maximum absolute atomic E-state index is 13.6. The Labute approximate surface area is 131 Å². The molecule has 2 aromatic rings. The SMILES string of the molecule is O=[N+]([O-])c1ccccc1C(O)(c1cccc(Br)c1)C(F)(F)F. The molecule has 2 aromatic carbocycles. The lowest BCUT2D eigenvalue weighted by atomic mass is 9.84. The van der Waals surface area contributed by atoms with Crippen molar-refractivity contribution < 1.29 is 23.2 Å². The lowest BCUT2D eigenvalue weighted by Gasteiger charge is -2.31. The van der Waals surface area contributed by atoms with Crippen molar-refractivity contribution in [3.8, 4) is 0 Å². The largest absolute Gasteiger partial charge is 0.426 e. The van der Waals surface area contributed by atoms with Gasteiger partial charge < -0.3 is 5.11 Å². The van der Waals surface area contributed by atoms with Gasteiger partial charge >= 0.3 is 6.18 Å². The van der Waals surface area contributed by atoms with E-state index < -0.39 is 33.5 Å². The summed E-state index contributed by atoms with van der Waals surface area (Å²) in [5, 5.41) is 21.4. The quantitative estimate of drug-likeness (QED) is 0.647. The van der Waals surface area contributed by atoms with Gasteiger partial charge in [0.2, 0.25) is 5.60 Å². The van der Waals surface area contributed by atoms with Crippen LogP contribution in [0.15, 0.2) is 53.0 Å². The number of nitro benzene ring substituents is 1. The van der Waals surface area contributed by atoms with E-state index in [1.165, 1.54) is 24.3 Å². The minimum Gasteiger partial charge on any atom is -0.372 e. The van der Waals surface area contributed by atoms with E-state index in [0.29, 0.717) is 4.47 Å². The second-order valence-corrected chi connectivity index (χ2v) is 5.41. The summed E-state index contributed by atoms with van der Waals surface area (Å²) in [5.41, 5.74) is -5.63. The normalized spacial score (nSPS) is 14.4. The zero-order chi connectivity index (χ0) is 16.5. The number of aliphatic hydroxyl groups is 1. The maximum atomic E-state index is 13.6. The fourth-order valence-corrected chi connectivity index (χ4v) is 2.52. The number of para-hydroxylation sites is 1. The molecule has 8 heteroatoms. The van der Waals surface area contributed by atoms with Gasteiger partial charge in [-0.2, -0.15) is 13.2 Å². The van der Waals surface area contributed by atoms with Gasteiger partial charge in [-0.1, -0.05) is 40.2 Å². The molecule has 0 spiro atoms. The highest BCUT2D eigenvalue weighted by atomic mass is 79.9. The predicted molar refractivity (Wildman–Crippen MR) is 76.3 cm³/mol. The summed E-state index contributed by atoms with van der Waals surface area (Å²) < 4.78 is 41.0. The van der Waals surface area contributed by atoms with Crippen LogP contribution in [0.3, 0.4) is 0 Å². The smallest absolute Gasteiger partial charge is 0.372 e. The van der Waals surface area contributed by atoms with Crippen LogP contribution in [0.1, 0.15) is 11.1 Å². The highest BCUT2D eigenvalue weighted by molar-refractivity contribution is 9.10. The Morgan fingerprint density at radius 2 is 1.73 bits per heavy atom. The average molecular weight is 376 g/mol. The van der Waals surface area contributed by atoms with Crippen molar-refractivity contribution in [3.63, 3.8) is 0 Å². The van der Waals surface area contributed by atoms with Gasteiger partial charge in [-0.3, -0.25) is 10.1 Å². The van der Waals surface area contributed by atoms with E-state index >= 15 is 0 Å². The van der Waals surface area contributed by atoms with E-state index in [-0.39, 0.29) is 0 Å². The molecule has 0 amide bonds. The van der Waals surface area contributed by atoms with Gasteiger partial charge in [0.25, 0.3) is 5.69 Å². The number of halogens is 4. The number of alkyl halides is 3. The standard InChI is InChI=1S/C14H9BrF3NO3/c15-10-5-3-4-9(8-10)13(20,14(16,17)18)11-6-1-2-7-12(11)19(21)22/h1-8,20H. The summed E-state index contributed by atoms with van der Waals surface area (Å²) in [6, 6.07) is 9.19. The van der Waals surface area contributed by atoms with Gasteiger partial charge in [-0.05, 0) is 23.8 Å². The minimum atomic E-state index is -5.14. The molecule has 0 aliphatic rings. The molecule has 0 aliphatic carbocycles. The molecule has 0 radical (unpaired) electrons. The first-order valence-corrected chi connectivity index (χ1v) is 6.76. The third kappa shape index (κ3) is 2.71. The highest BCUT2D eigenvalue weighted by Gasteiger charge is 2.58. The van der Waals surface area contributed by atoms with E-state index in [9.17, 15) is 28.4 Å². The molecule has 4 nitrogen and oxygen atoms in total. The van der Waals surface area contributed by atoms with E-state index in [0.717, 1.165) is 24.3 Å². The zero-order valence-corrected chi connectivity index (χ0v) is 12.4. The van der Waals surface area contributed by atoms with Crippen molar-refractivity contribution >= 4 is 21.6 Å². The van der Waals surface area contributed by atoms with Crippen molar-refractivity contribution in [2.24, 2.45) is 0 Å². The topological polar surface area (TPSA) is 63.4 Å². The van der Waals surface area contributed by atoms with E-state index in [1.54, 1.807) is 0 Å². The summed E-state index contributed by atoms with van der Waals surface area (Å²) in [5.74, 6) is 0. The molecular formula is C14H9BrF3NO3. The molecule has 0 fully saturated rings. The summed E-state index contributed by atoms with van der Waals surface area (Å²) >= 11 is 3.03. The van der Waals surface area contributed by atoms with Crippen molar-refractivity contribution in [3.05, 3.63) is 74.2 Å². The highest BCUT2D eigenvalue weighted by Crippen LogP contribution is 2.47. The molecule has 116 valence electrons. The molecule has 2 rings (SSSR count). The Balaban J connectivity index is 2.80. The molecular weight excluding hydrogens is 367 g/mol. The number of hydrogen-bond acceptors (Lipinski definition) is 3. The summed E-state index contributed by atoms with van der Waals surface area (Å²) in [6.45, 7) is 0. The van der Waals surface area contributed by atoms with Crippen LogP contribution in [-0.2, 0) is 5.60 Å². The molecule has 0 heterocycles. The van der Waals surface area contributed by atoms with Gasteiger partial charge in [0.1, 0.15) is 0 Å². The number of hydrogen-bond donors (Lipinski definition) is 1. The van der Waals surface area contributed by atoms with Crippen LogP contribution in [0, 0.1) is 10.1 Å². The molecule has 1 atom stereocenters. The summed E-state index contributed by atoms with van der Waals surface area (Å²) in [7, 11) is 0. The van der Waals surface area contributed by atoms with Gasteiger partial charge in [0.15, 0.2) is 0 Å². The predicted octanol–water partition coefficient (Wildman–Crippen LogP) is 4.16. The molecule has 0 aromatic heterocycles. The first kappa shape index (κ1) is 16.4. The van der Waals surface area contributed by atoms with E-state index in [1.807, 2.05) is 0 Å². The summed E-state index contributed by atoms with van der Waals surface area (Å²) in [4.78, 5) is 10.1. The van der Waals surface area contributed by atoms with Crippen LogP contribution < -0.4 is 0 Å². The molecule has 0 saturated heterocycles. The molecule has 0 saturated carbocycles. The van der Waals surface area contributed by atoms with Gasteiger partial charge in [0, 0.05) is 10.5 Å². The van der Waals surface area contributed by atoms with Crippen LogP contribution in [0.25, 0.3) is 0 Å². The molecule has 1 N–H and O–H groups in total. The van der Waals surface area contributed by atoms with Gasteiger partial charge in [-0.15, -0.1) is 0 Å². The first-order chi connectivity index (χ1) is 10.2. The first-order valence-electron chi connectivity index (χ1n) is 5.97. The number of nitrogens with zero attached hydrogens (tertiary/aromatic N) is 1. The zero-order valence-electron chi connectivity index (χ0n) is 10.8. The lowest BCUT2D eigenvalue weighted by molar-refractivity contribution is -0.388. The lowest BCUT2D eigenvalue weighted by Crippen LogP contribution is -2.43.